The molecule has 116 valence electrons. The maximum Gasteiger partial charge on any atom is 0.0701 e. The van der Waals surface area contributed by atoms with Gasteiger partial charge in [-0.3, -0.25) is 0 Å². The summed E-state index contributed by atoms with van der Waals surface area (Å²) in [7, 11) is 0. The molecular weight excluding hydrogens is 242 g/mol. The first-order valence-corrected chi connectivity index (χ1v) is 7.40. The fraction of sp³-hybridized carbons (Fsp3) is 1.00. The van der Waals surface area contributed by atoms with E-state index in [-0.39, 0.29) is 5.54 Å². The summed E-state index contributed by atoms with van der Waals surface area (Å²) in [4.78, 5) is 0. The molecule has 0 amide bonds. The van der Waals surface area contributed by atoms with Crippen molar-refractivity contribution in [3.8, 4) is 0 Å². The number of nitrogens with one attached hydrogen (secondary N) is 1. The van der Waals surface area contributed by atoms with Crippen molar-refractivity contribution in [3.05, 3.63) is 0 Å². The van der Waals surface area contributed by atoms with Gasteiger partial charge in [0.05, 0.1) is 33.0 Å². The summed E-state index contributed by atoms with van der Waals surface area (Å²) in [5, 5.41) is 3.37. The minimum absolute atomic E-state index is 0.160. The van der Waals surface area contributed by atoms with Gasteiger partial charge >= 0.3 is 0 Å². The summed E-state index contributed by atoms with van der Waals surface area (Å²) in [6, 6.07) is 0. The molecule has 0 atom stereocenters. The van der Waals surface area contributed by atoms with Crippen LogP contribution in [0.2, 0.25) is 0 Å². The largest absolute Gasteiger partial charge is 0.379 e. The first-order chi connectivity index (χ1) is 8.92. The lowest BCUT2D eigenvalue weighted by atomic mass is 10.1. The van der Waals surface area contributed by atoms with Gasteiger partial charge in [0.1, 0.15) is 0 Å². The second-order valence-electron chi connectivity index (χ2n) is 6.20. The van der Waals surface area contributed by atoms with Gasteiger partial charge in [0.2, 0.25) is 0 Å². The Balaban J connectivity index is 3.03. The van der Waals surface area contributed by atoms with E-state index in [0.29, 0.717) is 32.3 Å². The second kappa shape index (κ2) is 11.6. The van der Waals surface area contributed by atoms with E-state index in [0.717, 1.165) is 26.2 Å². The van der Waals surface area contributed by atoms with Gasteiger partial charge in [0, 0.05) is 18.7 Å². The smallest absolute Gasteiger partial charge is 0.0701 e. The molecule has 0 saturated carbocycles. The Morgan fingerprint density at radius 2 is 1.26 bits per heavy atom. The maximum atomic E-state index is 5.46. The molecule has 0 saturated heterocycles. The van der Waals surface area contributed by atoms with Crippen molar-refractivity contribution in [2.45, 2.75) is 46.6 Å². The lowest BCUT2D eigenvalue weighted by Gasteiger charge is -2.20. The molecule has 0 aliphatic heterocycles. The Labute approximate surface area is 119 Å². The molecule has 4 heteroatoms. The van der Waals surface area contributed by atoms with Gasteiger partial charge in [-0.2, -0.15) is 0 Å². The summed E-state index contributed by atoms with van der Waals surface area (Å²) < 4.78 is 16.3. The second-order valence-corrected chi connectivity index (χ2v) is 6.20. The zero-order chi connectivity index (χ0) is 14.6. The topological polar surface area (TPSA) is 39.7 Å². The molecule has 0 aliphatic rings. The minimum Gasteiger partial charge on any atom is -0.379 e. The van der Waals surface area contributed by atoms with Gasteiger partial charge in [0.25, 0.3) is 0 Å². The highest BCUT2D eigenvalue weighted by atomic mass is 16.5. The molecule has 0 aromatic rings. The molecule has 0 unspecified atom stereocenters. The summed E-state index contributed by atoms with van der Waals surface area (Å²) >= 11 is 0. The molecule has 0 aliphatic carbocycles. The maximum absolute atomic E-state index is 5.46. The van der Waals surface area contributed by atoms with Crippen LogP contribution >= 0.6 is 0 Å². The molecule has 0 rings (SSSR count). The third-order valence-electron chi connectivity index (χ3n) is 2.49. The van der Waals surface area contributed by atoms with Gasteiger partial charge in [0.15, 0.2) is 0 Å². The van der Waals surface area contributed by atoms with E-state index in [1.165, 1.54) is 0 Å². The molecule has 1 N–H and O–H groups in total. The highest BCUT2D eigenvalue weighted by Crippen LogP contribution is 1.98. The number of rotatable bonds is 12. The van der Waals surface area contributed by atoms with Crippen LogP contribution in [0.25, 0.3) is 0 Å². The average Bonchev–Trinajstić information content (AvgIpc) is 2.28. The van der Waals surface area contributed by atoms with Crippen molar-refractivity contribution in [2.75, 3.05) is 46.2 Å². The minimum atomic E-state index is 0.160. The first-order valence-electron chi connectivity index (χ1n) is 7.40. The van der Waals surface area contributed by atoms with E-state index in [9.17, 15) is 0 Å². The van der Waals surface area contributed by atoms with Crippen molar-refractivity contribution in [2.24, 2.45) is 5.92 Å². The summed E-state index contributed by atoms with van der Waals surface area (Å²) in [6.45, 7) is 15.9. The van der Waals surface area contributed by atoms with E-state index in [2.05, 4.69) is 39.9 Å². The van der Waals surface area contributed by atoms with E-state index in [1.54, 1.807) is 0 Å². The third-order valence-corrected chi connectivity index (χ3v) is 2.49. The Bertz CT molecular complexity index is 190. The van der Waals surface area contributed by atoms with E-state index in [4.69, 9.17) is 14.2 Å². The van der Waals surface area contributed by atoms with Crippen LogP contribution in [-0.2, 0) is 14.2 Å². The predicted molar refractivity (Wildman–Crippen MR) is 79.7 cm³/mol. The average molecular weight is 275 g/mol. The molecule has 0 radical (unpaired) electrons. The van der Waals surface area contributed by atoms with Crippen LogP contribution in [0.3, 0.4) is 0 Å². The van der Waals surface area contributed by atoms with Gasteiger partial charge in [-0.15, -0.1) is 0 Å². The van der Waals surface area contributed by atoms with Crippen LogP contribution in [-0.4, -0.2) is 51.7 Å². The molecule has 0 aromatic heterocycles. The van der Waals surface area contributed by atoms with Crippen LogP contribution in [0.5, 0.6) is 0 Å². The predicted octanol–water partition coefficient (Wildman–Crippen LogP) is 2.47. The first kappa shape index (κ1) is 18.8. The van der Waals surface area contributed by atoms with E-state index in [1.807, 2.05) is 0 Å². The Morgan fingerprint density at radius 1 is 0.789 bits per heavy atom. The number of ether oxygens (including phenoxy) is 3. The van der Waals surface area contributed by atoms with Crippen molar-refractivity contribution in [1.82, 2.24) is 5.32 Å². The highest BCUT2D eigenvalue weighted by Gasteiger charge is 2.06. The Kier molecular flexibility index (Phi) is 11.6. The molecule has 0 bridgehead atoms. The van der Waals surface area contributed by atoms with E-state index < -0.39 is 0 Å². The fourth-order valence-electron chi connectivity index (χ4n) is 1.36. The van der Waals surface area contributed by atoms with Crippen molar-refractivity contribution in [1.29, 1.82) is 0 Å². The van der Waals surface area contributed by atoms with Crippen LogP contribution in [0.4, 0.5) is 0 Å². The van der Waals surface area contributed by atoms with E-state index >= 15 is 0 Å². The van der Waals surface area contributed by atoms with Crippen LogP contribution in [0, 0.1) is 5.92 Å². The van der Waals surface area contributed by atoms with Gasteiger partial charge in [-0.25, -0.2) is 0 Å². The van der Waals surface area contributed by atoms with Crippen molar-refractivity contribution < 1.29 is 14.2 Å². The fourth-order valence-corrected chi connectivity index (χ4v) is 1.36. The molecule has 19 heavy (non-hydrogen) atoms. The summed E-state index contributed by atoms with van der Waals surface area (Å²) in [5.74, 6) is 0.705. The number of hydrogen-bond donors (Lipinski definition) is 1. The van der Waals surface area contributed by atoms with Crippen LogP contribution < -0.4 is 5.32 Å². The Hall–Kier alpha value is -0.160. The Morgan fingerprint density at radius 3 is 1.74 bits per heavy atom. The molecule has 0 aromatic carbocycles. The monoisotopic (exact) mass is 275 g/mol. The molecule has 4 nitrogen and oxygen atoms in total. The highest BCUT2D eigenvalue weighted by molar-refractivity contribution is 4.69. The molecule has 0 fully saturated rings. The normalized spacial score (nSPS) is 12.3. The van der Waals surface area contributed by atoms with Crippen LogP contribution in [0.15, 0.2) is 0 Å². The van der Waals surface area contributed by atoms with Gasteiger partial charge in [-0.05, 0) is 33.1 Å². The third kappa shape index (κ3) is 17.8. The number of hydrogen-bond acceptors (Lipinski definition) is 4. The zero-order valence-electron chi connectivity index (χ0n) is 13.5. The van der Waals surface area contributed by atoms with Gasteiger partial charge < -0.3 is 19.5 Å². The molecule has 0 heterocycles. The summed E-state index contributed by atoms with van der Waals surface area (Å²) in [5.41, 5.74) is 0.160. The van der Waals surface area contributed by atoms with Gasteiger partial charge in [-0.1, -0.05) is 13.8 Å². The lowest BCUT2D eigenvalue weighted by molar-refractivity contribution is 0.0128. The standard InChI is InChI=1S/C15H33NO3/c1-14(2)6-8-17-10-12-19-13-11-18-9-7-16-15(3,4)5/h14,16H,6-13H2,1-5H3. The van der Waals surface area contributed by atoms with Crippen LogP contribution in [0.1, 0.15) is 41.0 Å². The summed E-state index contributed by atoms with van der Waals surface area (Å²) in [6.07, 6.45) is 1.11. The zero-order valence-corrected chi connectivity index (χ0v) is 13.5. The lowest BCUT2D eigenvalue weighted by Crippen LogP contribution is -2.38. The molecular formula is C15H33NO3. The SMILES string of the molecule is CC(C)CCOCCOCCOCCNC(C)(C)C. The quantitative estimate of drug-likeness (QED) is 0.555. The van der Waals surface area contributed by atoms with Crippen molar-refractivity contribution >= 4 is 0 Å². The molecule has 0 spiro atoms. The van der Waals surface area contributed by atoms with Crippen molar-refractivity contribution in [3.63, 3.8) is 0 Å².